The van der Waals surface area contributed by atoms with Gasteiger partial charge in [0.05, 0.1) is 25.8 Å². The first kappa shape index (κ1) is 14.6. The van der Waals surface area contributed by atoms with Crippen LogP contribution in [0, 0.1) is 5.92 Å². The SMILES string of the molecule is COc1ccc(-c2cnc(CN3CC[C@H](C(N)=O)C3)o2)cc1. The molecule has 22 heavy (non-hydrogen) atoms. The van der Waals surface area contributed by atoms with E-state index in [2.05, 4.69) is 9.88 Å². The summed E-state index contributed by atoms with van der Waals surface area (Å²) >= 11 is 0. The zero-order valence-electron chi connectivity index (χ0n) is 12.5. The van der Waals surface area contributed by atoms with E-state index in [4.69, 9.17) is 14.9 Å². The second-order valence-corrected chi connectivity index (χ2v) is 5.47. The summed E-state index contributed by atoms with van der Waals surface area (Å²) in [4.78, 5) is 17.6. The highest BCUT2D eigenvalue weighted by Gasteiger charge is 2.27. The molecular weight excluding hydrogens is 282 g/mol. The van der Waals surface area contributed by atoms with Crippen LogP contribution in [0.15, 0.2) is 34.9 Å². The molecule has 1 aromatic heterocycles. The monoisotopic (exact) mass is 301 g/mol. The molecule has 0 bridgehead atoms. The molecule has 0 saturated carbocycles. The van der Waals surface area contributed by atoms with Crippen LogP contribution in [-0.4, -0.2) is 36.0 Å². The number of methoxy groups -OCH3 is 1. The Morgan fingerprint density at radius 1 is 1.45 bits per heavy atom. The maximum Gasteiger partial charge on any atom is 0.221 e. The number of nitrogens with two attached hydrogens (primary N) is 1. The maximum atomic E-state index is 11.2. The molecule has 116 valence electrons. The predicted octanol–water partition coefficient (Wildman–Crippen LogP) is 1.66. The van der Waals surface area contributed by atoms with Crippen molar-refractivity contribution in [3.63, 3.8) is 0 Å². The fraction of sp³-hybridized carbons (Fsp3) is 0.375. The van der Waals surface area contributed by atoms with Crippen LogP contribution in [0.25, 0.3) is 11.3 Å². The first-order valence-electron chi connectivity index (χ1n) is 7.26. The first-order chi connectivity index (χ1) is 10.7. The van der Waals surface area contributed by atoms with E-state index >= 15 is 0 Å². The van der Waals surface area contributed by atoms with Crippen molar-refractivity contribution in [3.05, 3.63) is 36.4 Å². The molecule has 1 amide bonds. The summed E-state index contributed by atoms with van der Waals surface area (Å²) in [6.07, 6.45) is 2.53. The van der Waals surface area contributed by atoms with E-state index in [1.807, 2.05) is 24.3 Å². The number of ether oxygens (including phenoxy) is 1. The van der Waals surface area contributed by atoms with Gasteiger partial charge in [-0.05, 0) is 37.2 Å². The second-order valence-electron chi connectivity index (χ2n) is 5.47. The van der Waals surface area contributed by atoms with Crippen molar-refractivity contribution >= 4 is 5.91 Å². The third-order valence-corrected chi connectivity index (χ3v) is 3.96. The molecule has 1 fully saturated rings. The minimum atomic E-state index is -0.228. The van der Waals surface area contributed by atoms with Gasteiger partial charge in [0.25, 0.3) is 0 Å². The van der Waals surface area contributed by atoms with Gasteiger partial charge in [-0.25, -0.2) is 4.98 Å². The molecule has 1 saturated heterocycles. The molecule has 0 aliphatic carbocycles. The lowest BCUT2D eigenvalue weighted by molar-refractivity contribution is -0.121. The van der Waals surface area contributed by atoms with Crippen molar-refractivity contribution in [1.82, 2.24) is 9.88 Å². The highest BCUT2D eigenvalue weighted by Crippen LogP contribution is 2.24. The third-order valence-electron chi connectivity index (χ3n) is 3.96. The molecule has 2 heterocycles. The number of benzene rings is 1. The summed E-state index contributed by atoms with van der Waals surface area (Å²) in [5.41, 5.74) is 6.30. The van der Waals surface area contributed by atoms with Gasteiger partial charge in [-0.3, -0.25) is 9.69 Å². The molecule has 6 nitrogen and oxygen atoms in total. The molecule has 1 aliphatic heterocycles. The average molecular weight is 301 g/mol. The molecule has 6 heteroatoms. The van der Waals surface area contributed by atoms with Crippen LogP contribution in [0.2, 0.25) is 0 Å². The van der Waals surface area contributed by atoms with Gasteiger partial charge in [-0.1, -0.05) is 0 Å². The number of likely N-dealkylation sites (tertiary alicyclic amines) is 1. The van der Waals surface area contributed by atoms with Crippen molar-refractivity contribution in [2.75, 3.05) is 20.2 Å². The smallest absolute Gasteiger partial charge is 0.221 e. The molecule has 2 N–H and O–H groups in total. The fourth-order valence-corrected chi connectivity index (χ4v) is 2.67. The number of nitrogens with zero attached hydrogens (tertiary/aromatic N) is 2. The number of primary amides is 1. The van der Waals surface area contributed by atoms with Crippen LogP contribution >= 0.6 is 0 Å². The first-order valence-corrected chi connectivity index (χ1v) is 7.26. The van der Waals surface area contributed by atoms with Crippen LogP contribution in [0.1, 0.15) is 12.3 Å². The number of hydrogen-bond acceptors (Lipinski definition) is 5. The average Bonchev–Trinajstić information content (AvgIpc) is 3.17. The summed E-state index contributed by atoms with van der Waals surface area (Å²) < 4.78 is 10.9. The lowest BCUT2D eigenvalue weighted by atomic mass is 10.1. The van der Waals surface area contributed by atoms with Gasteiger partial charge in [-0.2, -0.15) is 0 Å². The quantitative estimate of drug-likeness (QED) is 0.908. The van der Waals surface area contributed by atoms with E-state index in [0.717, 1.165) is 30.0 Å². The van der Waals surface area contributed by atoms with Crippen molar-refractivity contribution in [1.29, 1.82) is 0 Å². The number of carbonyl (C=O) groups is 1. The summed E-state index contributed by atoms with van der Waals surface area (Å²) in [6, 6.07) is 7.63. The Hall–Kier alpha value is -2.34. The molecule has 0 unspecified atom stereocenters. The van der Waals surface area contributed by atoms with Gasteiger partial charge in [-0.15, -0.1) is 0 Å². The van der Waals surface area contributed by atoms with Crippen molar-refractivity contribution in [3.8, 4) is 17.1 Å². The topological polar surface area (TPSA) is 81.6 Å². The number of hydrogen-bond donors (Lipinski definition) is 1. The van der Waals surface area contributed by atoms with Crippen LogP contribution in [0.4, 0.5) is 0 Å². The number of aromatic nitrogens is 1. The van der Waals surface area contributed by atoms with Crippen LogP contribution in [-0.2, 0) is 11.3 Å². The van der Waals surface area contributed by atoms with Gasteiger partial charge in [0.1, 0.15) is 5.75 Å². The summed E-state index contributed by atoms with van der Waals surface area (Å²) in [5, 5.41) is 0. The number of oxazole rings is 1. The largest absolute Gasteiger partial charge is 0.497 e. The number of amides is 1. The standard InChI is InChI=1S/C16H19N3O3/c1-21-13-4-2-11(3-5-13)14-8-18-15(22-14)10-19-7-6-12(9-19)16(17)20/h2-5,8,12H,6-7,9-10H2,1H3,(H2,17,20)/t12-/m0/s1. The lowest BCUT2D eigenvalue weighted by Gasteiger charge is -2.12. The van der Waals surface area contributed by atoms with E-state index in [9.17, 15) is 4.79 Å². The number of carbonyl (C=O) groups excluding carboxylic acids is 1. The molecule has 1 aliphatic rings. The Kier molecular flexibility index (Phi) is 4.11. The summed E-state index contributed by atoms with van der Waals surface area (Å²) in [5.74, 6) is 1.89. The van der Waals surface area contributed by atoms with Crippen LogP contribution in [0.5, 0.6) is 5.75 Å². The summed E-state index contributed by atoms with van der Waals surface area (Å²) in [7, 11) is 1.64. The van der Waals surface area contributed by atoms with Gasteiger partial charge in [0, 0.05) is 12.1 Å². The fourth-order valence-electron chi connectivity index (χ4n) is 2.67. The van der Waals surface area contributed by atoms with Gasteiger partial charge in [0.15, 0.2) is 5.76 Å². The van der Waals surface area contributed by atoms with Crippen molar-refractivity contribution < 1.29 is 13.9 Å². The Labute approximate surface area is 128 Å². The van der Waals surface area contributed by atoms with Gasteiger partial charge < -0.3 is 14.9 Å². The van der Waals surface area contributed by atoms with Crippen LogP contribution < -0.4 is 10.5 Å². The van der Waals surface area contributed by atoms with E-state index < -0.39 is 0 Å². The van der Waals surface area contributed by atoms with Crippen molar-refractivity contribution in [2.45, 2.75) is 13.0 Å². The Balaban J connectivity index is 1.65. The van der Waals surface area contributed by atoms with Gasteiger partial charge >= 0.3 is 0 Å². The zero-order valence-corrected chi connectivity index (χ0v) is 12.5. The Morgan fingerprint density at radius 2 is 2.23 bits per heavy atom. The molecule has 0 radical (unpaired) electrons. The van der Waals surface area contributed by atoms with Crippen molar-refractivity contribution in [2.24, 2.45) is 11.7 Å². The highest BCUT2D eigenvalue weighted by atomic mass is 16.5. The van der Waals surface area contributed by atoms with E-state index in [1.165, 1.54) is 0 Å². The summed E-state index contributed by atoms with van der Waals surface area (Å²) in [6.45, 7) is 2.11. The Bertz CT molecular complexity index is 651. The number of rotatable bonds is 5. The predicted molar refractivity (Wildman–Crippen MR) is 81.1 cm³/mol. The normalized spacial score (nSPS) is 18.5. The molecular formula is C16H19N3O3. The minimum absolute atomic E-state index is 0.0592. The zero-order chi connectivity index (χ0) is 15.5. The van der Waals surface area contributed by atoms with Gasteiger partial charge in [0.2, 0.25) is 11.8 Å². The Morgan fingerprint density at radius 3 is 2.86 bits per heavy atom. The van der Waals surface area contributed by atoms with E-state index in [1.54, 1.807) is 13.3 Å². The molecule has 1 aromatic carbocycles. The van der Waals surface area contributed by atoms with Crippen LogP contribution in [0.3, 0.4) is 0 Å². The molecule has 3 rings (SSSR count). The van der Waals surface area contributed by atoms with E-state index in [-0.39, 0.29) is 11.8 Å². The lowest BCUT2D eigenvalue weighted by Crippen LogP contribution is -2.27. The second kappa shape index (κ2) is 6.19. The molecule has 1 atom stereocenters. The molecule has 2 aromatic rings. The maximum absolute atomic E-state index is 11.2. The van der Waals surface area contributed by atoms with E-state index in [0.29, 0.717) is 19.0 Å². The molecule has 0 spiro atoms. The minimum Gasteiger partial charge on any atom is -0.497 e. The third kappa shape index (κ3) is 3.12. The highest BCUT2D eigenvalue weighted by molar-refractivity contribution is 5.77.